The van der Waals surface area contributed by atoms with Crippen LogP contribution in [-0.4, -0.2) is 11.8 Å². The predicted octanol–water partition coefficient (Wildman–Crippen LogP) is 2.65. The molecule has 1 aliphatic rings. The van der Waals surface area contributed by atoms with Crippen LogP contribution in [0.1, 0.15) is 44.2 Å². The van der Waals surface area contributed by atoms with E-state index < -0.39 is 0 Å². The second-order valence-electron chi connectivity index (χ2n) is 5.59. The molecule has 1 heterocycles. The van der Waals surface area contributed by atoms with Crippen molar-refractivity contribution in [2.45, 2.75) is 39.5 Å². The first-order valence-electron chi connectivity index (χ1n) is 6.95. The first kappa shape index (κ1) is 13.8. The summed E-state index contributed by atoms with van der Waals surface area (Å²) in [6.07, 6.45) is 1.40. The number of piperidine rings is 1. The summed E-state index contributed by atoms with van der Waals surface area (Å²) in [6.45, 7) is 6.18. The van der Waals surface area contributed by atoms with Crippen molar-refractivity contribution < 1.29 is 9.59 Å². The molecule has 0 aromatic heterocycles. The third kappa shape index (κ3) is 2.86. The highest BCUT2D eigenvalue weighted by Gasteiger charge is 2.38. The molecule has 1 fully saturated rings. The number of imide groups is 1. The van der Waals surface area contributed by atoms with E-state index in [1.165, 1.54) is 5.56 Å². The van der Waals surface area contributed by atoms with Crippen molar-refractivity contribution in [3.05, 3.63) is 35.4 Å². The van der Waals surface area contributed by atoms with E-state index in [0.717, 1.165) is 12.0 Å². The topological polar surface area (TPSA) is 46.2 Å². The lowest BCUT2D eigenvalue weighted by atomic mass is 9.74. The Bertz CT molecular complexity index is 476. The third-order valence-corrected chi connectivity index (χ3v) is 3.94. The van der Waals surface area contributed by atoms with Gasteiger partial charge in [-0.05, 0) is 23.5 Å². The van der Waals surface area contributed by atoms with Gasteiger partial charge in [-0.15, -0.1) is 0 Å². The highest BCUT2D eigenvalue weighted by atomic mass is 16.2. The summed E-state index contributed by atoms with van der Waals surface area (Å²) >= 11 is 0. The summed E-state index contributed by atoms with van der Waals surface area (Å²) < 4.78 is 0. The van der Waals surface area contributed by atoms with Crippen LogP contribution < -0.4 is 5.32 Å². The molecule has 0 radical (unpaired) electrons. The largest absolute Gasteiger partial charge is 0.296 e. The molecule has 1 saturated heterocycles. The van der Waals surface area contributed by atoms with Crippen molar-refractivity contribution >= 4 is 11.8 Å². The van der Waals surface area contributed by atoms with Gasteiger partial charge in [0.15, 0.2) is 0 Å². The van der Waals surface area contributed by atoms with Gasteiger partial charge in [-0.25, -0.2) is 0 Å². The van der Waals surface area contributed by atoms with Crippen LogP contribution in [0.5, 0.6) is 0 Å². The van der Waals surface area contributed by atoms with Gasteiger partial charge in [0, 0.05) is 18.3 Å². The van der Waals surface area contributed by atoms with Crippen LogP contribution in [-0.2, 0) is 16.0 Å². The molecule has 0 spiro atoms. The second-order valence-corrected chi connectivity index (χ2v) is 5.59. The van der Waals surface area contributed by atoms with Gasteiger partial charge < -0.3 is 0 Å². The number of carbonyl (C=O) groups is 2. The third-order valence-electron chi connectivity index (χ3n) is 3.94. The molecule has 3 nitrogen and oxygen atoms in total. The van der Waals surface area contributed by atoms with E-state index in [4.69, 9.17) is 0 Å². The average molecular weight is 259 g/mol. The molecule has 2 atom stereocenters. The monoisotopic (exact) mass is 259 g/mol. The summed E-state index contributed by atoms with van der Waals surface area (Å²) in [6, 6.07) is 8.29. The van der Waals surface area contributed by atoms with E-state index in [2.05, 4.69) is 36.5 Å². The molecule has 0 aliphatic carbocycles. The summed E-state index contributed by atoms with van der Waals surface area (Å²) in [7, 11) is 0. The quantitative estimate of drug-likeness (QED) is 0.848. The molecule has 2 amide bonds. The highest BCUT2D eigenvalue weighted by Crippen LogP contribution is 2.35. The fraction of sp³-hybridized carbons (Fsp3) is 0.500. The number of rotatable bonds is 3. The number of carbonyl (C=O) groups excluding carboxylic acids is 2. The number of nitrogens with one attached hydrogen (secondary N) is 1. The number of amides is 2. The smallest absolute Gasteiger partial charge is 0.230 e. The van der Waals surface area contributed by atoms with E-state index >= 15 is 0 Å². The van der Waals surface area contributed by atoms with Gasteiger partial charge in [0.2, 0.25) is 11.8 Å². The van der Waals surface area contributed by atoms with Gasteiger partial charge in [-0.1, -0.05) is 45.0 Å². The normalized spacial score (nSPS) is 23.6. The van der Waals surface area contributed by atoms with Crippen molar-refractivity contribution in [2.24, 2.45) is 11.8 Å². The molecule has 2 unspecified atom stereocenters. The Kier molecular flexibility index (Phi) is 4.03. The lowest BCUT2D eigenvalue weighted by molar-refractivity contribution is -0.138. The first-order valence-corrected chi connectivity index (χ1v) is 6.95. The van der Waals surface area contributed by atoms with Crippen LogP contribution in [0.15, 0.2) is 24.3 Å². The molecular formula is C16H21NO2. The lowest BCUT2D eigenvalue weighted by Gasteiger charge is -2.33. The van der Waals surface area contributed by atoms with Gasteiger partial charge in [-0.2, -0.15) is 0 Å². The Labute approximate surface area is 114 Å². The summed E-state index contributed by atoms with van der Waals surface area (Å²) in [5.74, 6) is -0.177. The molecule has 1 aliphatic heterocycles. The molecule has 1 aromatic carbocycles. The van der Waals surface area contributed by atoms with Crippen molar-refractivity contribution in [3.63, 3.8) is 0 Å². The minimum absolute atomic E-state index is 0.00663. The lowest BCUT2D eigenvalue weighted by Crippen LogP contribution is -2.46. The van der Waals surface area contributed by atoms with Crippen LogP contribution in [0.25, 0.3) is 0 Å². The molecule has 0 bridgehead atoms. The number of hydrogen-bond donors (Lipinski definition) is 1. The van der Waals surface area contributed by atoms with E-state index in [0.29, 0.717) is 6.42 Å². The average Bonchev–Trinajstić information content (AvgIpc) is 2.37. The molecular weight excluding hydrogens is 238 g/mol. The van der Waals surface area contributed by atoms with Crippen molar-refractivity contribution in [1.29, 1.82) is 0 Å². The van der Waals surface area contributed by atoms with Gasteiger partial charge in [0.1, 0.15) is 0 Å². The van der Waals surface area contributed by atoms with Crippen LogP contribution in [0.3, 0.4) is 0 Å². The maximum atomic E-state index is 12.0. The Morgan fingerprint density at radius 1 is 1.21 bits per heavy atom. The van der Waals surface area contributed by atoms with Crippen molar-refractivity contribution in [3.8, 4) is 0 Å². The molecule has 19 heavy (non-hydrogen) atoms. The van der Waals surface area contributed by atoms with Crippen LogP contribution in [0, 0.1) is 11.8 Å². The Hall–Kier alpha value is -1.64. The van der Waals surface area contributed by atoms with Crippen molar-refractivity contribution in [2.75, 3.05) is 0 Å². The Morgan fingerprint density at radius 2 is 1.84 bits per heavy atom. The van der Waals surface area contributed by atoms with E-state index in [1.54, 1.807) is 0 Å². The van der Waals surface area contributed by atoms with Crippen LogP contribution in [0.4, 0.5) is 0 Å². The van der Waals surface area contributed by atoms with Crippen molar-refractivity contribution in [1.82, 2.24) is 5.32 Å². The molecule has 3 heteroatoms. The zero-order valence-electron chi connectivity index (χ0n) is 11.8. The Morgan fingerprint density at radius 3 is 2.37 bits per heavy atom. The van der Waals surface area contributed by atoms with E-state index in [9.17, 15) is 9.59 Å². The zero-order valence-corrected chi connectivity index (χ0v) is 11.8. The molecule has 102 valence electrons. The molecule has 1 aromatic rings. The van der Waals surface area contributed by atoms with E-state index in [1.807, 2.05) is 13.8 Å². The number of hydrogen-bond acceptors (Lipinski definition) is 2. The minimum atomic E-state index is -0.161. The summed E-state index contributed by atoms with van der Waals surface area (Å²) in [5, 5.41) is 2.46. The number of aryl methyl sites for hydroxylation is 1. The van der Waals surface area contributed by atoms with E-state index in [-0.39, 0.29) is 29.6 Å². The maximum Gasteiger partial charge on any atom is 0.230 e. The highest BCUT2D eigenvalue weighted by molar-refractivity contribution is 6.00. The minimum Gasteiger partial charge on any atom is -0.296 e. The van der Waals surface area contributed by atoms with Gasteiger partial charge in [-0.3, -0.25) is 14.9 Å². The van der Waals surface area contributed by atoms with Crippen LogP contribution >= 0.6 is 0 Å². The van der Waals surface area contributed by atoms with Gasteiger partial charge >= 0.3 is 0 Å². The number of benzene rings is 1. The summed E-state index contributed by atoms with van der Waals surface area (Å²) in [4.78, 5) is 23.6. The standard InChI is InChI=1S/C16H21NO2/c1-4-11-5-7-12(8-6-11)13-9-14(18)17-16(19)15(13)10(2)3/h5-8,10,13,15H,4,9H2,1-3H3,(H,17,18,19). The molecule has 1 N–H and O–H groups in total. The van der Waals surface area contributed by atoms with Gasteiger partial charge in [0.05, 0.1) is 0 Å². The predicted molar refractivity (Wildman–Crippen MR) is 74.7 cm³/mol. The Balaban J connectivity index is 2.32. The SMILES string of the molecule is CCc1ccc(C2CC(=O)NC(=O)C2C(C)C)cc1. The fourth-order valence-electron chi connectivity index (χ4n) is 2.87. The first-order chi connectivity index (χ1) is 9.02. The zero-order chi connectivity index (χ0) is 14.0. The maximum absolute atomic E-state index is 12.0. The fourth-order valence-corrected chi connectivity index (χ4v) is 2.87. The molecule has 0 saturated carbocycles. The summed E-state index contributed by atoms with van der Waals surface area (Å²) in [5.41, 5.74) is 2.37. The second kappa shape index (κ2) is 5.55. The van der Waals surface area contributed by atoms with Gasteiger partial charge in [0.25, 0.3) is 0 Å². The van der Waals surface area contributed by atoms with Crippen LogP contribution in [0.2, 0.25) is 0 Å². The molecule has 2 rings (SSSR count).